The van der Waals surface area contributed by atoms with Gasteiger partial charge in [-0.25, -0.2) is 4.99 Å². The number of aryl methyl sites for hydroxylation is 1. The van der Waals surface area contributed by atoms with Crippen molar-refractivity contribution in [2.75, 3.05) is 20.2 Å². The Kier molecular flexibility index (Phi) is 9.56. The van der Waals surface area contributed by atoms with Crippen LogP contribution in [-0.2, 0) is 26.2 Å². The van der Waals surface area contributed by atoms with Crippen molar-refractivity contribution in [3.63, 3.8) is 0 Å². The normalized spacial score (nSPS) is 11.7. The van der Waals surface area contributed by atoms with Gasteiger partial charge in [0.1, 0.15) is 5.75 Å². The fourth-order valence-electron chi connectivity index (χ4n) is 2.62. The van der Waals surface area contributed by atoms with E-state index in [-0.39, 0.29) is 36.1 Å². The summed E-state index contributed by atoms with van der Waals surface area (Å²) >= 11 is 0. The Bertz CT molecular complexity index is 777. The number of rotatable bonds is 7. The summed E-state index contributed by atoms with van der Waals surface area (Å²) in [4.78, 5) is 4.25. The Balaban J connectivity index is 0.00000392. The van der Waals surface area contributed by atoms with Crippen LogP contribution >= 0.6 is 24.0 Å². The van der Waals surface area contributed by atoms with E-state index in [1.165, 1.54) is 13.2 Å². The van der Waals surface area contributed by atoms with Gasteiger partial charge in [0.25, 0.3) is 0 Å². The summed E-state index contributed by atoms with van der Waals surface area (Å²) in [7, 11) is 3.07. The second kappa shape index (κ2) is 11.1. The van der Waals surface area contributed by atoms with Crippen LogP contribution in [0.1, 0.15) is 23.7 Å². The number of methoxy groups -OCH3 is 1. The van der Waals surface area contributed by atoms with Gasteiger partial charge in [0.15, 0.2) is 11.7 Å². The van der Waals surface area contributed by atoms with E-state index in [4.69, 9.17) is 4.74 Å². The van der Waals surface area contributed by atoms with Gasteiger partial charge in [-0.15, -0.1) is 24.0 Å². The second-order valence-electron chi connectivity index (χ2n) is 5.86. The molecule has 0 aliphatic carbocycles. The smallest absolute Gasteiger partial charge is 0.435 e. The van der Waals surface area contributed by atoms with Gasteiger partial charge in [-0.1, -0.05) is 18.2 Å². The maximum Gasteiger partial charge on any atom is 0.435 e. The number of ether oxygens (including phenoxy) is 1. The highest BCUT2D eigenvalue weighted by Crippen LogP contribution is 2.30. The Morgan fingerprint density at radius 2 is 1.93 bits per heavy atom. The molecule has 1 heterocycles. The quantitative estimate of drug-likeness (QED) is 0.340. The maximum atomic E-state index is 13.0. The van der Waals surface area contributed by atoms with Gasteiger partial charge in [-0.2, -0.15) is 18.3 Å². The largest absolute Gasteiger partial charge is 0.496 e. The number of hydrogen-bond acceptors (Lipinski definition) is 3. The zero-order valence-corrected chi connectivity index (χ0v) is 18.3. The highest BCUT2D eigenvalue weighted by molar-refractivity contribution is 14.0. The fourth-order valence-corrected chi connectivity index (χ4v) is 2.62. The van der Waals surface area contributed by atoms with Gasteiger partial charge in [0.2, 0.25) is 0 Å². The third-order valence-corrected chi connectivity index (χ3v) is 3.80. The number of guanidine groups is 1. The van der Waals surface area contributed by atoms with Crippen LogP contribution in [-0.4, -0.2) is 35.9 Å². The topological polar surface area (TPSA) is 63.5 Å². The molecule has 0 aliphatic rings. The zero-order chi connectivity index (χ0) is 19.9. The lowest BCUT2D eigenvalue weighted by Gasteiger charge is -2.13. The number of benzene rings is 1. The van der Waals surface area contributed by atoms with Gasteiger partial charge in [0.05, 0.1) is 13.7 Å². The lowest BCUT2D eigenvalue weighted by atomic mass is 10.1. The van der Waals surface area contributed by atoms with Gasteiger partial charge in [-0.3, -0.25) is 4.68 Å². The third-order valence-electron chi connectivity index (χ3n) is 3.80. The molecular formula is C18H25F3IN5O. The Morgan fingerprint density at radius 1 is 1.21 bits per heavy atom. The standard InChI is InChI=1S/C18H24F3N5O.HI/c1-4-22-17(23-10-9-13-7-5-6-8-15(13)27-3)24-11-14-12-26(2)25-16(14)18(19,20)21;/h5-8,12H,4,9-11H2,1-3H3,(H2,22,23,24);1H. The lowest BCUT2D eigenvalue weighted by Crippen LogP contribution is -2.38. The molecule has 1 aromatic carbocycles. The molecular weight excluding hydrogens is 486 g/mol. The van der Waals surface area contributed by atoms with Crippen LogP contribution in [0.3, 0.4) is 0 Å². The van der Waals surface area contributed by atoms with E-state index in [9.17, 15) is 13.2 Å². The van der Waals surface area contributed by atoms with E-state index in [2.05, 4.69) is 20.7 Å². The summed E-state index contributed by atoms with van der Waals surface area (Å²) in [5.41, 5.74) is 0.167. The molecule has 28 heavy (non-hydrogen) atoms. The van der Waals surface area contributed by atoms with Crippen molar-refractivity contribution in [2.24, 2.45) is 12.0 Å². The van der Waals surface area contributed by atoms with E-state index >= 15 is 0 Å². The monoisotopic (exact) mass is 511 g/mol. The Labute approximate surface area is 179 Å². The average Bonchev–Trinajstić information content (AvgIpc) is 3.01. The highest BCUT2D eigenvalue weighted by Gasteiger charge is 2.36. The summed E-state index contributed by atoms with van der Waals surface area (Å²) in [6.45, 7) is 2.93. The van der Waals surface area contributed by atoms with Crippen molar-refractivity contribution < 1.29 is 17.9 Å². The minimum absolute atomic E-state index is 0. The van der Waals surface area contributed by atoms with Gasteiger partial charge >= 0.3 is 6.18 Å². The summed E-state index contributed by atoms with van der Waals surface area (Å²) in [5.74, 6) is 1.25. The first-order valence-corrected chi connectivity index (χ1v) is 8.59. The van der Waals surface area contributed by atoms with E-state index in [0.717, 1.165) is 16.0 Å². The number of nitrogens with one attached hydrogen (secondary N) is 2. The Hall–Kier alpha value is -1.98. The summed E-state index contributed by atoms with van der Waals surface area (Å²) in [6, 6.07) is 7.68. The predicted octanol–water partition coefficient (Wildman–Crippen LogP) is 3.36. The molecule has 0 unspecified atom stereocenters. The summed E-state index contributed by atoms with van der Waals surface area (Å²) in [5, 5.41) is 9.66. The molecule has 0 saturated carbocycles. The van der Waals surface area contributed by atoms with Gasteiger partial charge in [0, 0.05) is 31.9 Å². The van der Waals surface area contributed by atoms with Crippen LogP contribution < -0.4 is 15.4 Å². The SMILES string of the molecule is CCNC(=NCc1cn(C)nc1C(F)(F)F)NCCc1ccccc1OC.I. The molecule has 0 spiro atoms. The first-order valence-electron chi connectivity index (χ1n) is 8.59. The number of hydrogen-bond donors (Lipinski definition) is 2. The Morgan fingerprint density at radius 3 is 2.57 bits per heavy atom. The summed E-state index contributed by atoms with van der Waals surface area (Å²) < 4.78 is 45.5. The molecule has 0 aliphatic heterocycles. The van der Waals surface area contributed by atoms with Crippen LogP contribution in [0, 0.1) is 0 Å². The van der Waals surface area contributed by atoms with Gasteiger partial charge in [-0.05, 0) is 25.0 Å². The number of alkyl halides is 3. The van der Waals surface area contributed by atoms with E-state index in [1.807, 2.05) is 31.2 Å². The maximum absolute atomic E-state index is 13.0. The average molecular weight is 511 g/mol. The van der Waals surface area contributed by atoms with E-state index < -0.39 is 11.9 Å². The minimum atomic E-state index is -4.50. The molecule has 0 bridgehead atoms. The van der Waals surface area contributed by atoms with Crippen LogP contribution in [0.2, 0.25) is 0 Å². The molecule has 0 atom stereocenters. The lowest BCUT2D eigenvalue weighted by molar-refractivity contribution is -0.142. The molecule has 156 valence electrons. The van der Waals surface area contributed by atoms with Crippen LogP contribution in [0.4, 0.5) is 13.2 Å². The molecule has 0 saturated heterocycles. The van der Waals surface area contributed by atoms with Gasteiger partial charge < -0.3 is 15.4 Å². The first kappa shape index (κ1) is 24.1. The molecule has 10 heteroatoms. The number of halogens is 4. The third kappa shape index (κ3) is 6.88. The molecule has 2 aromatic rings. The van der Waals surface area contributed by atoms with Crippen molar-refractivity contribution in [3.8, 4) is 5.75 Å². The minimum Gasteiger partial charge on any atom is -0.496 e. The first-order chi connectivity index (χ1) is 12.8. The van der Waals surface area contributed by atoms with Crippen molar-refractivity contribution in [2.45, 2.75) is 26.1 Å². The zero-order valence-electron chi connectivity index (χ0n) is 16.0. The van der Waals surface area contributed by atoms with Crippen LogP contribution in [0.25, 0.3) is 0 Å². The number of para-hydroxylation sites is 1. The van der Waals surface area contributed by atoms with Crippen molar-refractivity contribution >= 4 is 29.9 Å². The van der Waals surface area contributed by atoms with E-state index in [1.54, 1.807) is 7.11 Å². The number of aliphatic imine (C=N–C) groups is 1. The van der Waals surface area contributed by atoms with Crippen LogP contribution in [0.5, 0.6) is 5.75 Å². The van der Waals surface area contributed by atoms with Crippen LogP contribution in [0.15, 0.2) is 35.5 Å². The predicted molar refractivity (Wildman–Crippen MR) is 113 cm³/mol. The molecule has 1 aromatic heterocycles. The molecule has 0 radical (unpaired) electrons. The van der Waals surface area contributed by atoms with Crippen molar-refractivity contribution in [3.05, 3.63) is 47.3 Å². The highest BCUT2D eigenvalue weighted by atomic mass is 127. The molecule has 0 fully saturated rings. The number of nitrogens with zero attached hydrogens (tertiary/aromatic N) is 3. The van der Waals surface area contributed by atoms with E-state index in [0.29, 0.717) is 25.5 Å². The second-order valence-corrected chi connectivity index (χ2v) is 5.86. The molecule has 6 nitrogen and oxygen atoms in total. The number of aromatic nitrogens is 2. The fraction of sp³-hybridized carbons (Fsp3) is 0.444. The van der Waals surface area contributed by atoms with Crippen molar-refractivity contribution in [1.82, 2.24) is 20.4 Å². The summed E-state index contributed by atoms with van der Waals surface area (Å²) in [6.07, 6.45) is -2.47. The molecule has 2 N–H and O–H groups in total. The van der Waals surface area contributed by atoms with Crippen molar-refractivity contribution in [1.29, 1.82) is 0 Å². The molecule has 0 amide bonds. The molecule has 2 rings (SSSR count).